The van der Waals surface area contributed by atoms with Gasteiger partial charge in [0.25, 0.3) is 11.6 Å². The molecule has 0 aliphatic carbocycles. The number of benzene rings is 2. The molecule has 7 nitrogen and oxygen atoms in total. The predicted octanol–water partition coefficient (Wildman–Crippen LogP) is 3.38. The molecule has 0 atom stereocenters. The Morgan fingerprint density at radius 2 is 1.69 bits per heavy atom. The lowest BCUT2D eigenvalue weighted by molar-refractivity contribution is -0.385. The van der Waals surface area contributed by atoms with Crippen molar-refractivity contribution in [2.24, 2.45) is 0 Å². The van der Waals surface area contributed by atoms with Gasteiger partial charge in [-0.1, -0.05) is 32.0 Å². The highest BCUT2D eigenvalue weighted by Gasteiger charge is 2.20. The molecule has 1 N–H and O–H groups in total. The van der Waals surface area contributed by atoms with Gasteiger partial charge in [-0.2, -0.15) is 0 Å². The number of amides is 1. The molecule has 0 fully saturated rings. The monoisotopic (exact) mass is 376 g/mol. The highest BCUT2D eigenvalue weighted by Crippen LogP contribution is 2.25. The molecule has 0 aromatic heterocycles. The van der Waals surface area contributed by atoms with Gasteiger partial charge < -0.3 is 5.32 Å². The first-order valence-corrected chi connectivity index (χ1v) is 9.98. The van der Waals surface area contributed by atoms with Crippen molar-refractivity contribution in [1.29, 1.82) is 0 Å². The SMILES string of the molecule is CCc1cccc(CC)c1NC(=O)c1cc([N+](=O)[O-])cc(S(C)(=O)=O)c1. The lowest BCUT2D eigenvalue weighted by Crippen LogP contribution is -2.16. The van der Waals surface area contributed by atoms with E-state index >= 15 is 0 Å². The number of carbonyl (C=O) groups excluding carboxylic acids is 1. The maximum Gasteiger partial charge on any atom is 0.271 e. The summed E-state index contributed by atoms with van der Waals surface area (Å²) < 4.78 is 23.6. The fourth-order valence-electron chi connectivity index (χ4n) is 2.62. The van der Waals surface area contributed by atoms with Crippen LogP contribution in [0.1, 0.15) is 35.3 Å². The normalized spacial score (nSPS) is 11.2. The maximum absolute atomic E-state index is 12.7. The number of non-ortho nitro benzene ring substituents is 1. The number of nitrogens with zero attached hydrogens (tertiary/aromatic N) is 1. The number of para-hydroxylation sites is 1. The summed E-state index contributed by atoms with van der Waals surface area (Å²) in [4.78, 5) is 22.8. The van der Waals surface area contributed by atoms with E-state index in [9.17, 15) is 23.3 Å². The molecule has 0 unspecified atom stereocenters. The van der Waals surface area contributed by atoms with Crippen LogP contribution >= 0.6 is 0 Å². The molecule has 2 rings (SSSR count). The molecule has 0 aliphatic rings. The van der Waals surface area contributed by atoms with Crippen molar-refractivity contribution in [3.63, 3.8) is 0 Å². The average Bonchev–Trinajstić information content (AvgIpc) is 2.60. The summed E-state index contributed by atoms with van der Waals surface area (Å²) in [5.74, 6) is -0.589. The second kappa shape index (κ2) is 7.65. The number of nitro benzene ring substituents is 1. The summed E-state index contributed by atoms with van der Waals surface area (Å²) in [6.07, 6.45) is 2.34. The lowest BCUT2D eigenvalue weighted by atomic mass is 10.0. The lowest BCUT2D eigenvalue weighted by Gasteiger charge is -2.14. The van der Waals surface area contributed by atoms with Crippen molar-refractivity contribution in [1.82, 2.24) is 0 Å². The van der Waals surface area contributed by atoms with Gasteiger partial charge in [0.1, 0.15) is 0 Å². The zero-order valence-electron chi connectivity index (χ0n) is 14.8. The minimum Gasteiger partial charge on any atom is -0.321 e. The van der Waals surface area contributed by atoms with Crippen LogP contribution in [0, 0.1) is 10.1 Å². The largest absolute Gasteiger partial charge is 0.321 e. The van der Waals surface area contributed by atoms with Crippen molar-refractivity contribution < 1.29 is 18.1 Å². The molecule has 0 aliphatic heterocycles. The van der Waals surface area contributed by atoms with E-state index in [-0.39, 0.29) is 10.5 Å². The summed E-state index contributed by atoms with van der Waals surface area (Å²) in [5.41, 5.74) is 2.01. The number of rotatable bonds is 6. The van der Waals surface area contributed by atoms with E-state index in [4.69, 9.17) is 0 Å². The van der Waals surface area contributed by atoms with Crippen LogP contribution in [0.2, 0.25) is 0 Å². The van der Waals surface area contributed by atoms with E-state index in [1.807, 2.05) is 32.0 Å². The second-order valence-corrected chi connectivity index (χ2v) is 7.87. The Bertz CT molecular complexity index is 945. The molecule has 0 saturated heterocycles. The van der Waals surface area contributed by atoms with E-state index in [2.05, 4.69) is 5.32 Å². The zero-order valence-corrected chi connectivity index (χ0v) is 15.6. The quantitative estimate of drug-likeness (QED) is 0.614. The fourth-order valence-corrected chi connectivity index (χ4v) is 3.30. The Kier molecular flexibility index (Phi) is 5.76. The van der Waals surface area contributed by atoms with E-state index in [0.29, 0.717) is 18.5 Å². The summed E-state index contributed by atoms with van der Waals surface area (Å²) >= 11 is 0. The molecule has 2 aromatic carbocycles. The molecule has 0 spiro atoms. The topological polar surface area (TPSA) is 106 Å². The first-order chi connectivity index (χ1) is 12.2. The van der Waals surface area contributed by atoms with Crippen molar-refractivity contribution >= 4 is 27.1 Å². The van der Waals surface area contributed by atoms with Gasteiger partial charge in [0, 0.05) is 29.6 Å². The third-order valence-electron chi connectivity index (χ3n) is 4.03. The average molecular weight is 376 g/mol. The van der Waals surface area contributed by atoms with Gasteiger partial charge in [0.2, 0.25) is 0 Å². The highest BCUT2D eigenvalue weighted by atomic mass is 32.2. The smallest absolute Gasteiger partial charge is 0.271 e. The van der Waals surface area contributed by atoms with Gasteiger partial charge in [-0.25, -0.2) is 8.42 Å². The fraction of sp³-hybridized carbons (Fsp3) is 0.278. The molecule has 26 heavy (non-hydrogen) atoms. The molecule has 138 valence electrons. The van der Waals surface area contributed by atoms with Crippen molar-refractivity contribution in [2.45, 2.75) is 31.6 Å². The van der Waals surface area contributed by atoms with Crippen LogP contribution in [0.3, 0.4) is 0 Å². The molecule has 0 heterocycles. The van der Waals surface area contributed by atoms with Gasteiger partial charge in [0.05, 0.1) is 9.82 Å². The van der Waals surface area contributed by atoms with Crippen LogP contribution in [-0.2, 0) is 22.7 Å². The minimum atomic E-state index is -3.70. The van der Waals surface area contributed by atoms with Crippen molar-refractivity contribution in [3.05, 3.63) is 63.2 Å². The molecular formula is C18H20N2O5S. The third kappa shape index (κ3) is 4.26. The predicted molar refractivity (Wildman–Crippen MR) is 99.4 cm³/mol. The van der Waals surface area contributed by atoms with Crippen LogP contribution in [0.25, 0.3) is 0 Å². The van der Waals surface area contributed by atoms with Crippen molar-refractivity contribution in [2.75, 3.05) is 11.6 Å². The second-order valence-electron chi connectivity index (χ2n) is 5.86. The Labute approximate surface area is 152 Å². The molecule has 8 heteroatoms. The summed E-state index contributed by atoms with van der Waals surface area (Å²) in [7, 11) is -3.70. The van der Waals surface area contributed by atoms with E-state index in [0.717, 1.165) is 35.6 Å². The van der Waals surface area contributed by atoms with Crippen LogP contribution < -0.4 is 5.32 Å². The molecule has 1 amide bonds. The van der Waals surface area contributed by atoms with Crippen LogP contribution in [0.15, 0.2) is 41.3 Å². The first-order valence-electron chi connectivity index (χ1n) is 8.09. The van der Waals surface area contributed by atoms with E-state index < -0.39 is 26.4 Å². The van der Waals surface area contributed by atoms with Crippen LogP contribution in [0.4, 0.5) is 11.4 Å². The van der Waals surface area contributed by atoms with Crippen LogP contribution in [-0.4, -0.2) is 25.5 Å². The Morgan fingerprint density at radius 1 is 1.12 bits per heavy atom. The van der Waals surface area contributed by atoms with Gasteiger partial charge in [-0.05, 0) is 30.0 Å². The van der Waals surface area contributed by atoms with E-state index in [1.54, 1.807) is 0 Å². The molecule has 0 bridgehead atoms. The minimum absolute atomic E-state index is 0.0763. The summed E-state index contributed by atoms with van der Waals surface area (Å²) in [5, 5.41) is 13.9. The zero-order chi connectivity index (χ0) is 19.5. The number of aryl methyl sites for hydroxylation is 2. The molecule has 0 radical (unpaired) electrons. The number of nitrogens with one attached hydrogen (secondary N) is 1. The number of hydrogen-bond donors (Lipinski definition) is 1. The molecule has 0 saturated carbocycles. The van der Waals surface area contributed by atoms with Crippen molar-refractivity contribution in [3.8, 4) is 0 Å². The molecule has 2 aromatic rings. The third-order valence-corrected chi connectivity index (χ3v) is 5.12. The maximum atomic E-state index is 12.7. The number of carbonyl (C=O) groups is 1. The number of anilines is 1. The van der Waals surface area contributed by atoms with Gasteiger partial charge in [-0.15, -0.1) is 0 Å². The number of nitro groups is 1. The first kappa shape index (κ1) is 19.6. The summed E-state index contributed by atoms with van der Waals surface area (Å²) in [6, 6.07) is 8.86. The Hall–Kier alpha value is -2.74. The number of hydrogen-bond acceptors (Lipinski definition) is 5. The van der Waals surface area contributed by atoms with Gasteiger partial charge in [0.15, 0.2) is 9.84 Å². The Balaban J connectivity index is 2.51. The summed E-state index contributed by atoms with van der Waals surface area (Å²) in [6.45, 7) is 3.92. The van der Waals surface area contributed by atoms with Gasteiger partial charge >= 0.3 is 0 Å². The Morgan fingerprint density at radius 3 is 2.15 bits per heavy atom. The van der Waals surface area contributed by atoms with Gasteiger partial charge in [-0.3, -0.25) is 14.9 Å². The van der Waals surface area contributed by atoms with Crippen LogP contribution in [0.5, 0.6) is 0 Å². The standard InChI is InChI=1S/C18H20N2O5S/c1-4-12-7-6-8-13(5-2)17(12)19-18(21)14-9-15(20(22)23)11-16(10-14)26(3,24)25/h6-11H,4-5H2,1-3H3,(H,19,21). The molecular weight excluding hydrogens is 356 g/mol. The van der Waals surface area contributed by atoms with E-state index in [1.165, 1.54) is 0 Å². The number of sulfone groups is 1. The highest BCUT2D eigenvalue weighted by molar-refractivity contribution is 7.90.